The van der Waals surface area contributed by atoms with Gasteiger partial charge >= 0.3 is 0 Å². The van der Waals surface area contributed by atoms with E-state index in [1.165, 1.54) is 11.9 Å². The Bertz CT molecular complexity index is 725. The molecule has 6 nitrogen and oxygen atoms in total. The molecule has 1 amide bonds. The zero-order valence-electron chi connectivity index (χ0n) is 14.2. The maximum atomic E-state index is 12.4. The number of carbonyl (C=O) groups excluding carboxylic acids is 1. The SMILES string of the molecule is CNc1c(Cl)ncnc1NC1CCN(C(=O)CCc2ccccc2)C1. The van der Waals surface area contributed by atoms with Gasteiger partial charge in [-0.3, -0.25) is 4.79 Å². The fourth-order valence-electron chi connectivity index (χ4n) is 3.05. The largest absolute Gasteiger partial charge is 0.383 e. The molecule has 0 bridgehead atoms. The fraction of sp³-hybridized carbons (Fsp3) is 0.389. The van der Waals surface area contributed by atoms with E-state index in [1.54, 1.807) is 7.05 Å². The molecule has 0 radical (unpaired) electrons. The molecule has 0 aliphatic carbocycles. The van der Waals surface area contributed by atoms with E-state index in [9.17, 15) is 4.79 Å². The third-order valence-electron chi connectivity index (χ3n) is 4.40. The van der Waals surface area contributed by atoms with Crippen molar-refractivity contribution in [2.45, 2.75) is 25.3 Å². The number of nitrogens with one attached hydrogen (secondary N) is 2. The molecular formula is C18H22ClN5O. The van der Waals surface area contributed by atoms with Crippen molar-refractivity contribution in [2.24, 2.45) is 0 Å². The van der Waals surface area contributed by atoms with Crippen LogP contribution in [0.3, 0.4) is 0 Å². The van der Waals surface area contributed by atoms with Gasteiger partial charge < -0.3 is 15.5 Å². The van der Waals surface area contributed by atoms with Crippen molar-refractivity contribution in [1.82, 2.24) is 14.9 Å². The van der Waals surface area contributed by atoms with E-state index in [1.807, 2.05) is 23.1 Å². The van der Waals surface area contributed by atoms with Gasteiger partial charge in [0.1, 0.15) is 12.0 Å². The van der Waals surface area contributed by atoms with E-state index < -0.39 is 0 Å². The number of nitrogens with zero attached hydrogens (tertiary/aromatic N) is 3. The third-order valence-corrected chi connectivity index (χ3v) is 4.69. The van der Waals surface area contributed by atoms with E-state index in [2.05, 4.69) is 32.7 Å². The molecule has 2 aromatic rings. The topological polar surface area (TPSA) is 70.2 Å². The predicted molar refractivity (Wildman–Crippen MR) is 100.0 cm³/mol. The van der Waals surface area contributed by atoms with E-state index in [-0.39, 0.29) is 11.9 Å². The standard InChI is InChI=1S/C18H22ClN5O/c1-20-16-17(19)21-12-22-18(16)23-14-9-10-24(11-14)15(25)8-7-13-5-3-2-4-6-13/h2-6,12,14,20H,7-11H2,1H3,(H,21,22,23). The van der Waals surface area contributed by atoms with Crippen LogP contribution in [0, 0.1) is 0 Å². The van der Waals surface area contributed by atoms with Crippen LogP contribution in [0.15, 0.2) is 36.7 Å². The lowest BCUT2D eigenvalue weighted by atomic mass is 10.1. The average molecular weight is 360 g/mol. The highest BCUT2D eigenvalue weighted by atomic mass is 35.5. The van der Waals surface area contributed by atoms with E-state index in [4.69, 9.17) is 11.6 Å². The van der Waals surface area contributed by atoms with Gasteiger partial charge in [0.15, 0.2) is 11.0 Å². The molecule has 0 saturated carbocycles. The van der Waals surface area contributed by atoms with Gasteiger partial charge in [0.05, 0.1) is 0 Å². The summed E-state index contributed by atoms with van der Waals surface area (Å²) in [6.45, 7) is 1.44. The van der Waals surface area contributed by atoms with Gasteiger partial charge in [-0.2, -0.15) is 0 Å². The monoisotopic (exact) mass is 359 g/mol. The Morgan fingerprint density at radius 2 is 2.12 bits per heavy atom. The molecule has 132 valence electrons. The van der Waals surface area contributed by atoms with Crippen molar-refractivity contribution >= 4 is 29.0 Å². The van der Waals surface area contributed by atoms with Crippen LogP contribution >= 0.6 is 11.6 Å². The molecule has 0 spiro atoms. The molecule has 1 aromatic carbocycles. The lowest BCUT2D eigenvalue weighted by molar-refractivity contribution is -0.130. The van der Waals surface area contributed by atoms with Crippen LogP contribution in [0.1, 0.15) is 18.4 Å². The fourth-order valence-corrected chi connectivity index (χ4v) is 3.27. The normalized spacial score (nSPS) is 16.7. The lowest BCUT2D eigenvalue weighted by Gasteiger charge is -2.18. The second-order valence-electron chi connectivity index (χ2n) is 6.09. The quantitative estimate of drug-likeness (QED) is 0.776. The molecule has 1 fully saturated rings. The van der Waals surface area contributed by atoms with Crippen LogP contribution in [0.4, 0.5) is 11.5 Å². The Hall–Kier alpha value is -2.34. The molecule has 1 unspecified atom stereocenters. The van der Waals surface area contributed by atoms with Crippen LogP contribution < -0.4 is 10.6 Å². The van der Waals surface area contributed by atoms with Gasteiger partial charge in [-0.15, -0.1) is 0 Å². The Morgan fingerprint density at radius 1 is 1.32 bits per heavy atom. The summed E-state index contributed by atoms with van der Waals surface area (Å²) >= 11 is 6.08. The number of rotatable bonds is 6. The Morgan fingerprint density at radius 3 is 2.88 bits per heavy atom. The van der Waals surface area contributed by atoms with Crippen LogP contribution in [0.2, 0.25) is 5.15 Å². The molecule has 3 rings (SSSR count). The van der Waals surface area contributed by atoms with Crippen LogP contribution in [0.5, 0.6) is 0 Å². The number of benzene rings is 1. The molecule has 2 N–H and O–H groups in total. The number of aryl methyl sites for hydroxylation is 1. The zero-order valence-corrected chi connectivity index (χ0v) is 15.0. The average Bonchev–Trinajstić information content (AvgIpc) is 3.09. The second kappa shape index (κ2) is 8.16. The minimum absolute atomic E-state index is 0.166. The summed E-state index contributed by atoms with van der Waals surface area (Å²) < 4.78 is 0. The maximum Gasteiger partial charge on any atom is 0.222 e. The molecule has 25 heavy (non-hydrogen) atoms. The minimum atomic E-state index is 0.166. The molecule has 1 aromatic heterocycles. The summed E-state index contributed by atoms with van der Waals surface area (Å²) in [7, 11) is 1.78. The van der Waals surface area contributed by atoms with Gasteiger partial charge in [0.25, 0.3) is 0 Å². The summed E-state index contributed by atoms with van der Waals surface area (Å²) in [5, 5.41) is 6.76. The maximum absolute atomic E-state index is 12.4. The van der Waals surface area contributed by atoms with Crippen LogP contribution in [-0.2, 0) is 11.2 Å². The smallest absolute Gasteiger partial charge is 0.222 e. The number of aromatic nitrogens is 2. The van der Waals surface area contributed by atoms with E-state index in [0.717, 1.165) is 19.4 Å². The highest BCUT2D eigenvalue weighted by Crippen LogP contribution is 2.27. The third kappa shape index (κ3) is 4.39. The highest BCUT2D eigenvalue weighted by Gasteiger charge is 2.26. The number of hydrogen-bond acceptors (Lipinski definition) is 5. The number of anilines is 2. The van der Waals surface area contributed by atoms with E-state index in [0.29, 0.717) is 29.6 Å². The first-order valence-electron chi connectivity index (χ1n) is 8.44. The summed E-state index contributed by atoms with van der Waals surface area (Å²) in [5.41, 5.74) is 1.87. The Balaban J connectivity index is 1.53. The van der Waals surface area contributed by atoms with Crippen LogP contribution in [-0.4, -0.2) is 47.0 Å². The first kappa shape index (κ1) is 17.5. The molecular weight excluding hydrogens is 338 g/mol. The van der Waals surface area contributed by atoms with Gasteiger partial charge in [-0.1, -0.05) is 41.9 Å². The van der Waals surface area contributed by atoms with Crippen molar-refractivity contribution in [1.29, 1.82) is 0 Å². The summed E-state index contributed by atoms with van der Waals surface area (Å²) in [4.78, 5) is 22.6. The first-order valence-corrected chi connectivity index (χ1v) is 8.81. The van der Waals surface area contributed by atoms with Crippen molar-refractivity contribution in [3.05, 3.63) is 47.4 Å². The zero-order chi connectivity index (χ0) is 17.6. The van der Waals surface area contributed by atoms with Crippen molar-refractivity contribution in [3.63, 3.8) is 0 Å². The van der Waals surface area contributed by atoms with E-state index >= 15 is 0 Å². The minimum Gasteiger partial charge on any atom is -0.383 e. The summed E-state index contributed by atoms with van der Waals surface area (Å²) in [5.74, 6) is 0.869. The van der Waals surface area contributed by atoms with Crippen molar-refractivity contribution in [3.8, 4) is 0 Å². The van der Waals surface area contributed by atoms with Gasteiger partial charge in [0, 0.05) is 32.6 Å². The Kier molecular flexibility index (Phi) is 5.71. The molecule has 1 aliphatic rings. The van der Waals surface area contributed by atoms with Gasteiger partial charge in [-0.25, -0.2) is 9.97 Å². The molecule has 1 atom stereocenters. The van der Waals surface area contributed by atoms with Gasteiger partial charge in [0.2, 0.25) is 5.91 Å². The highest BCUT2D eigenvalue weighted by molar-refractivity contribution is 6.32. The predicted octanol–water partition coefficient (Wildman–Crippen LogP) is 2.82. The number of carbonyl (C=O) groups is 1. The molecule has 1 aliphatic heterocycles. The molecule has 7 heteroatoms. The Labute approximate surface area is 152 Å². The molecule has 2 heterocycles. The number of amides is 1. The number of likely N-dealkylation sites (tertiary alicyclic amines) is 1. The second-order valence-corrected chi connectivity index (χ2v) is 6.45. The van der Waals surface area contributed by atoms with Crippen LogP contribution in [0.25, 0.3) is 0 Å². The molecule has 1 saturated heterocycles. The first-order chi connectivity index (χ1) is 12.2. The van der Waals surface area contributed by atoms with Crippen molar-refractivity contribution in [2.75, 3.05) is 30.8 Å². The van der Waals surface area contributed by atoms with Gasteiger partial charge in [-0.05, 0) is 18.4 Å². The number of hydrogen-bond donors (Lipinski definition) is 2. The summed E-state index contributed by atoms with van der Waals surface area (Å²) in [6, 6.07) is 10.3. The van der Waals surface area contributed by atoms with Crippen molar-refractivity contribution < 1.29 is 4.79 Å². The lowest BCUT2D eigenvalue weighted by Crippen LogP contribution is -2.32. The summed E-state index contributed by atoms with van der Waals surface area (Å²) in [6.07, 6.45) is 3.64. The number of halogens is 1.